The number of benzene rings is 1. The van der Waals surface area contributed by atoms with Gasteiger partial charge in [0.2, 0.25) is 0 Å². The first kappa shape index (κ1) is 17.6. The van der Waals surface area contributed by atoms with E-state index in [-0.39, 0.29) is 5.60 Å². The largest absolute Gasteiger partial charge is 0.486 e. The van der Waals surface area contributed by atoms with E-state index in [1.54, 1.807) is 6.20 Å². The number of pyridine rings is 1. The van der Waals surface area contributed by atoms with Gasteiger partial charge >= 0.3 is 0 Å². The van der Waals surface area contributed by atoms with Crippen molar-refractivity contribution in [3.8, 4) is 5.75 Å². The molecule has 1 aliphatic heterocycles. The second-order valence-corrected chi connectivity index (χ2v) is 6.73. The van der Waals surface area contributed by atoms with Crippen LogP contribution in [-0.2, 0) is 23.6 Å². The number of rotatable bonds is 8. The number of hydrogen-bond acceptors (Lipinski definition) is 4. The van der Waals surface area contributed by atoms with Crippen molar-refractivity contribution in [3.63, 3.8) is 0 Å². The van der Waals surface area contributed by atoms with Gasteiger partial charge in [-0.25, -0.2) is 4.98 Å². The molecule has 0 spiro atoms. The lowest BCUT2D eigenvalue weighted by atomic mass is 9.90. The first-order valence-electron chi connectivity index (χ1n) is 8.96. The average molecular weight is 339 g/mol. The number of hydrogen-bond donors (Lipinski definition) is 0. The Kier molecular flexibility index (Phi) is 5.49. The molecule has 1 unspecified atom stereocenters. The van der Waals surface area contributed by atoms with Crippen molar-refractivity contribution in [1.82, 2.24) is 4.98 Å². The van der Waals surface area contributed by atoms with Crippen LogP contribution in [0.15, 0.2) is 36.5 Å². The van der Waals surface area contributed by atoms with Crippen LogP contribution < -0.4 is 4.74 Å². The van der Waals surface area contributed by atoms with Crippen LogP contribution in [0.3, 0.4) is 0 Å². The van der Waals surface area contributed by atoms with E-state index in [0.29, 0.717) is 24.7 Å². The molecule has 4 nitrogen and oxygen atoms in total. The minimum absolute atomic E-state index is 0.343. The number of carbonyl (C=O) groups is 1. The van der Waals surface area contributed by atoms with Crippen molar-refractivity contribution in [1.29, 1.82) is 0 Å². The monoisotopic (exact) mass is 339 g/mol. The molecule has 2 aromatic rings. The quantitative estimate of drug-likeness (QED) is 0.512. The van der Waals surface area contributed by atoms with E-state index in [4.69, 9.17) is 9.47 Å². The van der Waals surface area contributed by atoms with Crippen molar-refractivity contribution in [2.24, 2.45) is 0 Å². The molecule has 0 amide bonds. The second-order valence-electron chi connectivity index (χ2n) is 6.73. The molecule has 0 radical (unpaired) electrons. The van der Waals surface area contributed by atoms with E-state index in [0.717, 1.165) is 35.8 Å². The summed E-state index contributed by atoms with van der Waals surface area (Å²) >= 11 is 0. The Balaban J connectivity index is 1.85. The van der Waals surface area contributed by atoms with E-state index >= 15 is 0 Å². The third-order valence-corrected chi connectivity index (χ3v) is 4.86. The van der Waals surface area contributed by atoms with Gasteiger partial charge in [0.05, 0.1) is 12.2 Å². The van der Waals surface area contributed by atoms with Gasteiger partial charge < -0.3 is 9.47 Å². The van der Waals surface area contributed by atoms with E-state index in [9.17, 15) is 4.79 Å². The van der Waals surface area contributed by atoms with Crippen LogP contribution in [0.1, 0.15) is 66.7 Å². The van der Waals surface area contributed by atoms with Crippen LogP contribution in [0.5, 0.6) is 5.75 Å². The summed E-state index contributed by atoms with van der Waals surface area (Å²) in [6.45, 7) is 5.18. The van der Waals surface area contributed by atoms with E-state index < -0.39 is 0 Å². The molecule has 25 heavy (non-hydrogen) atoms. The number of unbranched alkanes of at least 4 members (excludes halogenated alkanes) is 2. The van der Waals surface area contributed by atoms with Gasteiger partial charge in [0, 0.05) is 17.3 Å². The molecule has 1 aliphatic rings. The molecule has 0 aliphatic carbocycles. The summed E-state index contributed by atoms with van der Waals surface area (Å²) in [7, 11) is 0. The predicted molar refractivity (Wildman–Crippen MR) is 96.7 cm³/mol. The molecule has 0 N–H and O–H groups in total. The van der Waals surface area contributed by atoms with Gasteiger partial charge in [-0.05, 0) is 18.9 Å². The van der Waals surface area contributed by atoms with Crippen LogP contribution in [0.25, 0.3) is 0 Å². The Hall–Kier alpha value is -2.20. The summed E-state index contributed by atoms with van der Waals surface area (Å²) in [5.41, 5.74) is 3.08. The lowest BCUT2D eigenvalue weighted by molar-refractivity contribution is -0.0315. The lowest BCUT2D eigenvalue weighted by Crippen LogP contribution is -2.21. The summed E-state index contributed by atoms with van der Waals surface area (Å²) in [6.07, 6.45) is 6.97. The molecule has 0 fully saturated rings. The van der Waals surface area contributed by atoms with E-state index in [2.05, 4.69) is 18.8 Å². The van der Waals surface area contributed by atoms with Crippen molar-refractivity contribution >= 4 is 6.29 Å². The fourth-order valence-corrected chi connectivity index (χ4v) is 3.35. The number of ether oxygens (including phenoxy) is 2. The highest BCUT2D eigenvalue weighted by Crippen LogP contribution is 2.44. The number of nitrogens with zero attached hydrogens (tertiary/aromatic N) is 1. The van der Waals surface area contributed by atoms with Gasteiger partial charge in [0.25, 0.3) is 0 Å². The molecular formula is C21H25NO3. The maximum atomic E-state index is 11.4. The zero-order valence-electron chi connectivity index (χ0n) is 15.0. The Morgan fingerprint density at radius 3 is 2.80 bits per heavy atom. The summed E-state index contributed by atoms with van der Waals surface area (Å²) in [6, 6.07) is 9.92. The van der Waals surface area contributed by atoms with Crippen LogP contribution in [0.4, 0.5) is 0 Å². The van der Waals surface area contributed by atoms with Gasteiger partial charge in [-0.3, -0.25) is 4.79 Å². The zero-order valence-corrected chi connectivity index (χ0v) is 15.0. The van der Waals surface area contributed by atoms with Crippen LogP contribution in [0.2, 0.25) is 0 Å². The molecule has 1 atom stereocenters. The molecule has 1 aromatic carbocycles. The van der Waals surface area contributed by atoms with E-state index in [1.165, 1.54) is 12.8 Å². The molecule has 4 heteroatoms. The van der Waals surface area contributed by atoms with Gasteiger partial charge in [0.1, 0.15) is 12.3 Å². The molecule has 0 saturated carbocycles. The molecule has 132 valence electrons. The maximum Gasteiger partial charge on any atom is 0.172 e. The van der Waals surface area contributed by atoms with Crippen molar-refractivity contribution in [3.05, 3.63) is 58.9 Å². The Bertz CT molecular complexity index is 729. The minimum Gasteiger partial charge on any atom is -0.486 e. The first-order valence-corrected chi connectivity index (χ1v) is 8.96. The van der Waals surface area contributed by atoms with Gasteiger partial charge in [-0.15, -0.1) is 0 Å². The van der Waals surface area contributed by atoms with Crippen molar-refractivity contribution < 1.29 is 14.3 Å². The third kappa shape index (κ3) is 3.74. The highest BCUT2D eigenvalue weighted by molar-refractivity contribution is 5.78. The van der Waals surface area contributed by atoms with E-state index in [1.807, 2.05) is 30.3 Å². The number of carbonyl (C=O) groups excluding carboxylic acids is 1. The number of fused-ring (bicyclic) bond motifs is 1. The molecule has 3 rings (SSSR count). The fraction of sp³-hybridized carbons (Fsp3) is 0.429. The zero-order chi connectivity index (χ0) is 17.7. The Morgan fingerprint density at radius 2 is 2.08 bits per heavy atom. The molecular weight excluding hydrogens is 314 g/mol. The highest BCUT2D eigenvalue weighted by Gasteiger charge is 2.38. The lowest BCUT2D eigenvalue weighted by Gasteiger charge is -2.24. The smallest absolute Gasteiger partial charge is 0.172 e. The molecule has 0 bridgehead atoms. The first-order chi connectivity index (χ1) is 12.2. The van der Waals surface area contributed by atoms with Crippen LogP contribution >= 0.6 is 0 Å². The number of aromatic nitrogens is 1. The van der Waals surface area contributed by atoms with Crippen LogP contribution in [0, 0.1) is 0 Å². The topological polar surface area (TPSA) is 48.4 Å². The minimum atomic E-state index is -0.343. The van der Waals surface area contributed by atoms with Crippen molar-refractivity contribution in [2.75, 3.05) is 0 Å². The summed E-state index contributed by atoms with van der Waals surface area (Å²) in [5.74, 6) is 0.565. The Morgan fingerprint density at radius 1 is 1.28 bits per heavy atom. The Labute approximate surface area is 149 Å². The summed E-state index contributed by atoms with van der Waals surface area (Å²) < 4.78 is 12.1. The fourth-order valence-electron chi connectivity index (χ4n) is 3.35. The second kappa shape index (κ2) is 7.79. The standard InChI is InChI=1S/C21H25NO3/c1-3-4-8-11-21(2)18-12-22-19(13-23)20(17(18)15-25-21)24-14-16-9-6-5-7-10-16/h5-7,9-10,12-13H,3-4,8,11,14-15H2,1-2H3. The summed E-state index contributed by atoms with van der Waals surface area (Å²) in [4.78, 5) is 15.8. The van der Waals surface area contributed by atoms with Crippen molar-refractivity contribution in [2.45, 2.75) is 58.3 Å². The SMILES string of the molecule is CCCCCC1(C)OCc2c1cnc(C=O)c2OCc1ccccc1. The molecule has 1 aromatic heterocycles. The number of aldehydes is 1. The van der Waals surface area contributed by atoms with Gasteiger partial charge in [-0.2, -0.15) is 0 Å². The molecule has 2 heterocycles. The predicted octanol–water partition coefficient (Wildman–Crippen LogP) is 4.80. The third-order valence-electron chi connectivity index (χ3n) is 4.86. The average Bonchev–Trinajstić information content (AvgIpc) is 2.98. The van der Waals surface area contributed by atoms with Crippen LogP contribution in [-0.4, -0.2) is 11.3 Å². The normalized spacial score (nSPS) is 18.8. The highest BCUT2D eigenvalue weighted by atomic mass is 16.5. The van der Waals surface area contributed by atoms with Gasteiger partial charge in [-0.1, -0.05) is 56.5 Å². The molecule has 0 saturated heterocycles. The van der Waals surface area contributed by atoms with Gasteiger partial charge in [0.15, 0.2) is 12.0 Å². The summed E-state index contributed by atoms with van der Waals surface area (Å²) in [5, 5.41) is 0. The maximum absolute atomic E-state index is 11.4.